The summed E-state index contributed by atoms with van der Waals surface area (Å²) in [6, 6.07) is -15.3. The summed E-state index contributed by atoms with van der Waals surface area (Å²) in [6.45, 7) is 6.58. The van der Waals surface area contributed by atoms with Crippen molar-refractivity contribution in [3.05, 3.63) is 29.8 Å². The number of phenols is 1. The second kappa shape index (κ2) is 42.8. The molecule has 0 aromatic heterocycles. The third-order valence-corrected chi connectivity index (χ3v) is 14.1. The van der Waals surface area contributed by atoms with Crippen LogP contribution in [0.4, 0.5) is 0 Å². The van der Waals surface area contributed by atoms with Crippen LogP contribution in [0.15, 0.2) is 29.3 Å². The zero-order valence-corrected chi connectivity index (χ0v) is 53.3. The number of guanidine groups is 1. The molecule has 0 aliphatic rings. The average molecular weight is 1370 g/mol. The molecule has 39 nitrogen and oxygen atoms in total. The van der Waals surface area contributed by atoms with Gasteiger partial charge in [0.25, 0.3) is 0 Å². The summed E-state index contributed by atoms with van der Waals surface area (Å²) < 4.78 is 0. The minimum atomic E-state index is -2.36. The number of carbonyl (C=O) groups excluding carboxylic acids is 10. The van der Waals surface area contributed by atoms with Crippen molar-refractivity contribution >= 4 is 101 Å². The number of nitrogens with zero attached hydrogens (tertiary/aromatic N) is 1. The minimum Gasteiger partial charge on any atom is -0.508 e. The maximum atomic E-state index is 14.5. The smallest absolute Gasteiger partial charge is 0.326 e. The van der Waals surface area contributed by atoms with Gasteiger partial charge in [-0.25, -0.2) is 4.79 Å². The fourth-order valence-electron chi connectivity index (χ4n) is 8.81. The number of carbonyl (C=O) groups is 16. The number of amides is 10. The highest BCUT2D eigenvalue weighted by molar-refractivity contribution is 6.01. The number of aliphatic imine (C=N–C) groups is 1. The Balaban J connectivity index is 3.78. The number of aromatic hydroxyl groups is 1. The first kappa shape index (κ1) is 83.7. The zero-order chi connectivity index (χ0) is 73.1. The molecule has 0 heterocycles. The van der Waals surface area contributed by atoms with Gasteiger partial charge >= 0.3 is 35.8 Å². The first-order valence-corrected chi connectivity index (χ1v) is 30.3. The lowest BCUT2D eigenvalue weighted by Gasteiger charge is -2.28. The predicted octanol–water partition coefficient (Wildman–Crippen LogP) is -6.81. The highest BCUT2D eigenvalue weighted by Crippen LogP contribution is 2.15. The molecular formula is C57H90N16O23. The molecule has 0 spiro atoms. The predicted molar refractivity (Wildman–Crippen MR) is 333 cm³/mol. The normalized spacial score (nSPS) is 14.4. The molecule has 0 aliphatic heterocycles. The summed E-state index contributed by atoms with van der Waals surface area (Å²) in [5.41, 5.74) is 28.2. The van der Waals surface area contributed by atoms with Crippen LogP contribution in [0.5, 0.6) is 5.75 Å². The number of hydrogen-bond acceptors (Lipinski definition) is 21. The van der Waals surface area contributed by atoms with Gasteiger partial charge in [0, 0.05) is 13.0 Å². The summed E-state index contributed by atoms with van der Waals surface area (Å²) in [5.74, 6) is -24.8. The van der Waals surface area contributed by atoms with Gasteiger partial charge in [-0.2, -0.15) is 0 Å². The third-order valence-electron chi connectivity index (χ3n) is 14.1. The number of carboxylic acids is 6. The van der Waals surface area contributed by atoms with Crippen molar-refractivity contribution in [1.29, 1.82) is 0 Å². The lowest BCUT2D eigenvalue weighted by Crippen LogP contribution is -2.61. The lowest BCUT2D eigenvalue weighted by molar-refractivity contribution is -0.145. The average Bonchev–Trinajstić information content (AvgIpc) is 0.878. The van der Waals surface area contributed by atoms with Crippen LogP contribution >= 0.6 is 0 Å². The van der Waals surface area contributed by atoms with Crippen LogP contribution in [-0.2, 0) is 83.1 Å². The SMILES string of the molecule is CC(C)[C@H](N)C(=O)N[C@H](C(=O)N[C@@H](CCCN=C(N)N)C(=O)N[C@@H](CC(=O)O)C(=O)N[C@@H](Cc1ccc(O)cc1)C(=O)N[C@@H](CCCCN)C(=O)N[C@@H](CC(=O)O)C(=O)N[C@@H](CC(=O)O)C(=O)N[C@@H](CC(=O)O)C(=O)N[C@@H](CC(=O)O)C(=O)N[C@@H](CCCCN)C(=O)O)C(C)C. The van der Waals surface area contributed by atoms with Crippen molar-refractivity contribution in [2.45, 2.75) is 184 Å². The molecule has 1 aromatic carbocycles. The third kappa shape index (κ3) is 32.5. The number of benzene rings is 1. The molecule has 11 atom stereocenters. The molecule has 0 unspecified atom stereocenters. The van der Waals surface area contributed by atoms with Gasteiger partial charge < -0.3 is 118 Å². The Bertz CT molecular complexity index is 2930. The van der Waals surface area contributed by atoms with E-state index in [0.717, 1.165) is 0 Å². The number of rotatable bonds is 47. The van der Waals surface area contributed by atoms with Gasteiger partial charge in [0.1, 0.15) is 66.2 Å². The standard InChI is InChI=1S/C57H90N16O23/c1-26(2)44(60)54(93)73-45(27(3)4)55(94)65-31(12-9-19-63-57(61)62)47(86)69-35(22-40(77)78)50(89)67-33(20-28-13-15-29(74)16-14-28)48(87)64-30(10-5-7-17-58)46(85)68-36(23-41(79)80)51(90)71-38(25-43(83)84)53(92)72-37(24-42(81)82)52(91)70-34(21-39(75)76)49(88)66-32(56(95)96)11-6-8-18-59/h13-16,26-27,30-38,44-45,74H,5-12,17-25,58-60H2,1-4H3,(H,64,87)(H,65,94)(H,66,88)(H,67,89)(H,68,85)(H,69,86)(H,70,91)(H,71,90)(H,72,92)(H,73,93)(H,75,76)(H,77,78)(H,79,80)(H,81,82)(H,83,84)(H,95,96)(H4,61,62,63)/t30-,31-,32-,33-,34-,35-,36-,37-,38-,44-,45-/m0/s1. The van der Waals surface area contributed by atoms with E-state index in [1.807, 2.05) is 21.3 Å². The van der Waals surface area contributed by atoms with E-state index in [2.05, 4.69) is 36.9 Å². The number of aliphatic carboxylic acids is 6. The second-order valence-electron chi connectivity index (χ2n) is 22.8. The quantitative estimate of drug-likeness (QED) is 0.0164. The van der Waals surface area contributed by atoms with Gasteiger partial charge in [-0.05, 0) is 94.0 Å². The lowest BCUT2D eigenvalue weighted by atomic mass is 9.99. The molecule has 0 saturated heterocycles. The van der Waals surface area contributed by atoms with Crippen molar-refractivity contribution in [3.8, 4) is 5.75 Å². The van der Waals surface area contributed by atoms with Crippen LogP contribution in [0, 0.1) is 11.8 Å². The highest BCUT2D eigenvalue weighted by atomic mass is 16.4. The minimum absolute atomic E-state index is 0.00364. The van der Waals surface area contributed by atoms with Crippen molar-refractivity contribution in [1.82, 2.24) is 53.2 Å². The fraction of sp³-hybridized carbons (Fsp3) is 0.596. The summed E-state index contributed by atoms with van der Waals surface area (Å²) in [7, 11) is 0. The van der Waals surface area contributed by atoms with E-state index < -0.39 is 206 Å². The van der Waals surface area contributed by atoms with Crippen LogP contribution < -0.4 is 81.8 Å². The maximum absolute atomic E-state index is 14.5. The van der Waals surface area contributed by atoms with Crippen LogP contribution in [0.2, 0.25) is 0 Å². The molecule has 10 amide bonds. The van der Waals surface area contributed by atoms with Crippen molar-refractivity contribution in [2.75, 3.05) is 19.6 Å². The van der Waals surface area contributed by atoms with Crippen LogP contribution in [0.25, 0.3) is 0 Å². The van der Waals surface area contributed by atoms with E-state index in [9.17, 15) is 112 Å². The Kier molecular flexibility index (Phi) is 37.3. The van der Waals surface area contributed by atoms with Crippen molar-refractivity contribution in [3.63, 3.8) is 0 Å². The molecule has 1 aromatic rings. The molecule has 39 heteroatoms. The van der Waals surface area contributed by atoms with E-state index in [4.69, 9.17) is 28.7 Å². The van der Waals surface area contributed by atoms with Gasteiger partial charge in [0.15, 0.2) is 5.96 Å². The monoisotopic (exact) mass is 1370 g/mol. The maximum Gasteiger partial charge on any atom is 0.326 e. The van der Waals surface area contributed by atoms with Gasteiger partial charge in [-0.3, -0.25) is 76.9 Å². The number of nitrogens with one attached hydrogen (secondary N) is 10. The van der Waals surface area contributed by atoms with E-state index in [1.165, 1.54) is 24.3 Å². The Morgan fingerprint density at radius 3 is 1.01 bits per heavy atom. The summed E-state index contributed by atoms with van der Waals surface area (Å²) in [4.78, 5) is 215. The molecule has 536 valence electrons. The number of unbranched alkanes of at least 4 members (excludes halogenated alkanes) is 2. The Morgan fingerprint density at radius 2 is 0.688 bits per heavy atom. The number of carboxylic acid groups (broad SMARTS) is 6. The molecule has 0 radical (unpaired) electrons. The topological polar surface area (TPSA) is 677 Å². The first-order chi connectivity index (χ1) is 44.9. The van der Waals surface area contributed by atoms with Gasteiger partial charge in [0.05, 0.1) is 38.1 Å². The highest BCUT2D eigenvalue weighted by Gasteiger charge is 2.39. The Hall–Kier alpha value is -10.3. The second-order valence-corrected chi connectivity index (χ2v) is 22.8. The number of phenolic OH excluding ortho intramolecular Hbond substituents is 1. The van der Waals surface area contributed by atoms with Crippen molar-refractivity contribution in [2.24, 2.45) is 45.5 Å². The molecule has 0 saturated carbocycles. The van der Waals surface area contributed by atoms with Gasteiger partial charge in [-0.1, -0.05) is 39.8 Å². The van der Waals surface area contributed by atoms with Crippen LogP contribution in [0.1, 0.15) is 117 Å². The molecule has 0 aliphatic carbocycles. The number of hydrogen-bond donors (Lipinski definition) is 22. The summed E-state index contributed by atoms with van der Waals surface area (Å²) in [5, 5.41) is 90.3. The molecule has 96 heavy (non-hydrogen) atoms. The van der Waals surface area contributed by atoms with E-state index in [-0.39, 0.29) is 87.8 Å². The molecular weight excluding hydrogens is 1280 g/mol. The summed E-state index contributed by atoms with van der Waals surface area (Å²) >= 11 is 0. The van der Waals surface area contributed by atoms with Crippen molar-refractivity contribution < 1.29 is 112 Å². The fourth-order valence-corrected chi connectivity index (χ4v) is 8.81. The number of nitrogens with two attached hydrogens (primary N) is 5. The van der Waals surface area contributed by atoms with Gasteiger partial charge in [0.2, 0.25) is 59.1 Å². The van der Waals surface area contributed by atoms with E-state index >= 15 is 0 Å². The van der Waals surface area contributed by atoms with Crippen LogP contribution in [0.3, 0.4) is 0 Å². The molecule has 0 bridgehead atoms. The Morgan fingerprint density at radius 1 is 0.385 bits per heavy atom. The van der Waals surface area contributed by atoms with E-state index in [0.29, 0.717) is 6.42 Å². The molecule has 1 rings (SSSR count). The first-order valence-electron chi connectivity index (χ1n) is 30.3. The van der Waals surface area contributed by atoms with Crippen LogP contribution in [-0.4, -0.2) is 223 Å². The Labute approximate surface area is 549 Å². The molecule has 0 fully saturated rings. The summed E-state index contributed by atoms with van der Waals surface area (Å²) in [6.07, 6.45) is -7.11. The largest absolute Gasteiger partial charge is 0.508 e. The zero-order valence-electron chi connectivity index (χ0n) is 53.3. The van der Waals surface area contributed by atoms with E-state index in [1.54, 1.807) is 27.7 Å². The molecule has 27 N–H and O–H groups in total. The van der Waals surface area contributed by atoms with Gasteiger partial charge in [-0.15, -0.1) is 0 Å².